The van der Waals surface area contributed by atoms with Crippen LogP contribution in [0.25, 0.3) is 0 Å². The van der Waals surface area contributed by atoms with Gasteiger partial charge in [-0.3, -0.25) is 9.89 Å². The Labute approximate surface area is 152 Å². The summed E-state index contributed by atoms with van der Waals surface area (Å²) in [7, 11) is 1.61. The zero-order valence-electron chi connectivity index (χ0n) is 15.2. The quantitative estimate of drug-likeness (QED) is 0.731. The molecule has 0 fully saturated rings. The minimum atomic E-state index is -0.226. The minimum Gasteiger partial charge on any atom is -0.475 e. The van der Waals surface area contributed by atoms with E-state index in [-0.39, 0.29) is 18.1 Å². The number of nitrogens with one attached hydrogen (secondary N) is 2. The standard InChI is InChI=1S/C18H24N4O4/c1-11-9-14-15(12(2)26-11)21-22-16(14)17(23)20-10-13-5-4-6-19-18(13)25-8-7-24-3/h4-6,11-12H,7-10H2,1-3H3,(H,20,23)(H,21,22)/t11-,12+/m0/s1. The maximum Gasteiger partial charge on any atom is 0.272 e. The fraction of sp³-hybridized carbons (Fsp3) is 0.500. The zero-order chi connectivity index (χ0) is 18.5. The lowest BCUT2D eigenvalue weighted by molar-refractivity contribution is -0.00697. The van der Waals surface area contributed by atoms with E-state index in [1.54, 1.807) is 13.3 Å². The SMILES string of the molecule is COCCOc1ncccc1CNC(=O)c1n[nH]c2c1C[C@H](C)O[C@@H]2C. The summed E-state index contributed by atoms with van der Waals surface area (Å²) < 4.78 is 16.3. The third kappa shape index (κ3) is 4.03. The van der Waals surface area contributed by atoms with Crippen LogP contribution in [0.4, 0.5) is 0 Å². The molecule has 0 bridgehead atoms. The Morgan fingerprint density at radius 1 is 1.42 bits per heavy atom. The average Bonchev–Trinajstić information content (AvgIpc) is 3.05. The van der Waals surface area contributed by atoms with Crippen molar-refractivity contribution in [2.45, 2.75) is 39.0 Å². The molecule has 140 valence electrons. The molecule has 0 spiro atoms. The Morgan fingerprint density at radius 2 is 2.27 bits per heavy atom. The number of ether oxygens (including phenoxy) is 3. The number of hydrogen-bond acceptors (Lipinski definition) is 6. The van der Waals surface area contributed by atoms with E-state index in [0.29, 0.717) is 37.8 Å². The highest BCUT2D eigenvalue weighted by atomic mass is 16.5. The van der Waals surface area contributed by atoms with Gasteiger partial charge in [-0.1, -0.05) is 6.07 Å². The van der Waals surface area contributed by atoms with Crippen LogP contribution in [-0.4, -0.2) is 47.5 Å². The van der Waals surface area contributed by atoms with Crippen molar-refractivity contribution in [1.29, 1.82) is 0 Å². The van der Waals surface area contributed by atoms with E-state index in [2.05, 4.69) is 20.5 Å². The number of pyridine rings is 1. The van der Waals surface area contributed by atoms with Gasteiger partial charge in [-0.25, -0.2) is 4.98 Å². The van der Waals surface area contributed by atoms with Crippen LogP contribution in [0.1, 0.15) is 47.3 Å². The zero-order valence-corrected chi connectivity index (χ0v) is 15.2. The largest absolute Gasteiger partial charge is 0.475 e. The second kappa shape index (κ2) is 8.29. The number of carbonyl (C=O) groups excluding carboxylic acids is 1. The molecule has 0 aliphatic carbocycles. The maximum atomic E-state index is 12.6. The third-order valence-corrected chi connectivity index (χ3v) is 4.26. The van der Waals surface area contributed by atoms with Crippen LogP contribution in [0.3, 0.4) is 0 Å². The number of fused-ring (bicyclic) bond motifs is 1. The van der Waals surface area contributed by atoms with Crippen LogP contribution < -0.4 is 10.1 Å². The summed E-state index contributed by atoms with van der Waals surface area (Å²) in [5, 5.41) is 10.0. The number of hydrogen-bond donors (Lipinski definition) is 2. The molecule has 0 aromatic carbocycles. The number of aromatic amines is 1. The lowest BCUT2D eigenvalue weighted by Gasteiger charge is -2.25. The number of nitrogens with zero attached hydrogens (tertiary/aromatic N) is 2. The first-order chi connectivity index (χ1) is 12.6. The number of amides is 1. The van der Waals surface area contributed by atoms with Crippen molar-refractivity contribution >= 4 is 5.91 Å². The molecule has 8 heteroatoms. The molecule has 0 radical (unpaired) electrons. The molecular formula is C18H24N4O4. The summed E-state index contributed by atoms with van der Waals surface area (Å²) in [5.41, 5.74) is 3.02. The Hall–Kier alpha value is -2.45. The van der Waals surface area contributed by atoms with Gasteiger partial charge in [-0.2, -0.15) is 5.10 Å². The van der Waals surface area contributed by atoms with Gasteiger partial charge in [0.15, 0.2) is 5.69 Å². The molecule has 0 unspecified atom stereocenters. The number of aromatic nitrogens is 3. The molecule has 3 rings (SSSR count). The molecule has 1 aliphatic rings. The highest BCUT2D eigenvalue weighted by Crippen LogP contribution is 2.30. The first-order valence-corrected chi connectivity index (χ1v) is 8.66. The van der Waals surface area contributed by atoms with E-state index >= 15 is 0 Å². The highest BCUT2D eigenvalue weighted by Gasteiger charge is 2.29. The number of rotatable bonds is 7. The Morgan fingerprint density at radius 3 is 3.08 bits per heavy atom. The smallest absolute Gasteiger partial charge is 0.272 e. The van der Waals surface area contributed by atoms with Crippen LogP contribution in [0, 0.1) is 0 Å². The van der Waals surface area contributed by atoms with E-state index in [1.165, 1.54) is 0 Å². The van der Waals surface area contributed by atoms with Gasteiger partial charge in [0.1, 0.15) is 6.61 Å². The number of carbonyl (C=O) groups is 1. The Kier molecular flexibility index (Phi) is 5.85. The van der Waals surface area contributed by atoms with Gasteiger partial charge in [0, 0.05) is 37.4 Å². The van der Waals surface area contributed by atoms with Crippen molar-refractivity contribution < 1.29 is 19.0 Å². The fourth-order valence-electron chi connectivity index (χ4n) is 3.03. The fourth-order valence-corrected chi connectivity index (χ4v) is 3.03. The monoisotopic (exact) mass is 360 g/mol. The molecule has 2 aromatic heterocycles. The summed E-state index contributed by atoms with van der Waals surface area (Å²) in [4.78, 5) is 16.8. The molecule has 0 saturated heterocycles. The van der Waals surface area contributed by atoms with Crippen LogP contribution in [-0.2, 0) is 22.4 Å². The molecule has 3 heterocycles. The van der Waals surface area contributed by atoms with Gasteiger partial charge in [-0.15, -0.1) is 0 Å². The second-order valence-corrected chi connectivity index (χ2v) is 6.25. The van der Waals surface area contributed by atoms with Crippen molar-refractivity contribution in [3.8, 4) is 5.88 Å². The van der Waals surface area contributed by atoms with Gasteiger partial charge >= 0.3 is 0 Å². The van der Waals surface area contributed by atoms with Gasteiger partial charge in [-0.05, 0) is 19.9 Å². The second-order valence-electron chi connectivity index (χ2n) is 6.25. The molecule has 1 aliphatic heterocycles. The summed E-state index contributed by atoms with van der Waals surface area (Å²) in [6.45, 7) is 5.12. The van der Waals surface area contributed by atoms with Crippen molar-refractivity contribution in [2.75, 3.05) is 20.3 Å². The Bertz CT molecular complexity index is 761. The minimum absolute atomic E-state index is 0.0563. The van der Waals surface area contributed by atoms with Gasteiger partial charge in [0.2, 0.25) is 5.88 Å². The predicted molar refractivity (Wildman–Crippen MR) is 94.0 cm³/mol. The molecule has 0 saturated carbocycles. The maximum absolute atomic E-state index is 12.6. The number of H-pyrrole nitrogens is 1. The highest BCUT2D eigenvalue weighted by molar-refractivity contribution is 5.94. The van der Waals surface area contributed by atoms with E-state index in [0.717, 1.165) is 16.8 Å². The first kappa shape index (κ1) is 18.3. The third-order valence-electron chi connectivity index (χ3n) is 4.26. The van der Waals surface area contributed by atoms with Crippen molar-refractivity contribution in [1.82, 2.24) is 20.5 Å². The summed E-state index contributed by atoms with van der Waals surface area (Å²) in [6, 6.07) is 3.68. The molecule has 2 aromatic rings. The van der Waals surface area contributed by atoms with Crippen molar-refractivity contribution in [3.05, 3.63) is 40.8 Å². The number of methoxy groups -OCH3 is 1. The van der Waals surface area contributed by atoms with E-state index in [9.17, 15) is 4.79 Å². The lowest BCUT2D eigenvalue weighted by Crippen LogP contribution is -2.27. The lowest BCUT2D eigenvalue weighted by atomic mass is 9.99. The summed E-state index contributed by atoms with van der Waals surface area (Å²) in [6.07, 6.45) is 2.28. The van der Waals surface area contributed by atoms with Crippen molar-refractivity contribution in [3.63, 3.8) is 0 Å². The molecule has 2 atom stereocenters. The molecule has 2 N–H and O–H groups in total. The van der Waals surface area contributed by atoms with Crippen LogP contribution in [0.5, 0.6) is 5.88 Å². The first-order valence-electron chi connectivity index (χ1n) is 8.66. The topological polar surface area (TPSA) is 98.4 Å². The molecule has 8 nitrogen and oxygen atoms in total. The van der Waals surface area contributed by atoms with Gasteiger partial charge in [0.05, 0.1) is 24.5 Å². The molecule has 1 amide bonds. The van der Waals surface area contributed by atoms with Crippen LogP contribution in [0.2, 0.25) is 0 Å². The Balaban J connectivity index is 1.67. The van der Waals surface area contributed by atoms with Crippen LogP contribution >= 0.6 is 0 Å². The van der Waals surface area contributed by atoms with E-state index in [1.807, 2.05) is 26.0 Å². The van der Waals surface area contributed by atoms with Crippen molar-refractivity contribution in [2.24, 2.45) is 0 Å². The molecular weight excluding hydrogens is 336 g/mol. The van der Waals surface area contributed by atoms with E-state index < -0.39 is 0 Å². The summed E-state index contributed by atoms with van der Waals surface area (Å²) >= 11 is 0. The van der Waals surface area contributed by atoms with Crippen LogP contribution in [0.15, 0.2) is 18.3 Å². The normalized spacial score (nSPS) is 19.0. The summed E-state index contributed by atoms with van der Waals surface area (Å²) in [5.74, 6) is 0.264. The average molecular weight is 360 g/mol. The van der Waals surface area contributed by atoms with Gasteiger partial charge in [0.25, 0.3) is 5.91 Å². The molecule has 26 heavy (non-hydrogen) atoms. The predicted octanol–water partition coefficient (Wildman–Crippen LogP) is 1.78. The van der Waals surface area contributed by atoms with Gasteiger partial charge < -0.3 is 19.5 Å². The van der Waals surface area contributed by atoms with E-state index in [4.69, 9.17) is 14.2 Å².